The number of unbranched alkanes of at least 4 members (excludes halogenated alkanes) is 43. The fraction of sp³-hybridized carbons (Fsp3) is 0.910. The molecule has 12 nitrogen and oxygen atoms in total. The fourth-order valence-corrected chi connectivity index (χ4v) is 10.7. The van der Waals surface area contributed by atoms with Gasteiger partial charge < -0.3 is 39.0 Å². The summed E-state index contributed by atoms with van der Waals surface area (Å²) in [5, 5.41) is 31.6. The molecule has 0 aromatic carbocycles. The second-order valence-corrected chi connectivity index (χ2v) is 23.5. The second-order valence-electron chi connectivity index (χ2n) is 23.5. The number of aliphatic hydroxyl groups is 2. The van der Waals surface area contributed by atoms with Gasteiger partial charge in [0, 0.05) is 19.3 Å². The van der Waals surface area contributed by atoms with E-state index in [0.29, 0.717) is 19.3 Å². The Morgan fingerprint density at radius 2 is 0.722 bits per heavy atom. The normalized spacial score (nSPS) is 17.8. The van der Waals surface area contributed by atoms with Crippen molar-refractivity contribution < 1.29 is 58.2 Å². The van der Waals surface area contributed by atoms with Gasteiger partial charge in [0.1, 0.15) is 18.8 Å². The molecule has 1 heterocycles. The quantitative estimate of drug-likeness (QED) is 0.0228. The zero-order valence-corrected chi connectivity index (χ0v) is 51.4. The monoisotopic (exact) mass is 1120 g/mol. The molecule has 0 saturated carbocycles. The van der Waals surface area contributed by atoms with E-state index < -0.39 is 67.3 Å². The smallest absolute Gasteiger partial charge is 0.335 e. The molecule has 0 aliphatic carbocycles. The van der Waals surface area contributed by atoms with Crippen molar-refractivity contribution in [3.05, 3.63) is 12.2 Å². The minimum absolute atomic E-state index is 0.0684. The van der Waals surface area contributed by atoms with Crippen LogP contribution in [0.2, 0.25) is 0 Å². The zero-order chi connectivity index (χ0) is 57.5. The van der Waals surface area contributed by atoms with Crippen LogP contribution in [0.3, 0.4) is 0 Å². The molecule has 0 aromatic rings. The predicted molar refractivity (Wildman–Crippen MR) is 322 cm³/mol. The number of carbonyl (C=O) groups is 4. The van der Waals surface area contributed by atoms with E-state index in [1.807, 2.05) is 0 Å². The Kier molecular flexibility index (Phi) is 52.8. The molecule has 1 rings (SSSR count). The van der Waals surface area contributed by atoms with Gasteiger partial charge in [0.05, 0.1) is 6.61 Å². The lowest BCUT2D eigenvalue weighted by Gasteiger charge is -2.40. The molecular formula is C67H124O12. The summed E-state index contributed by atoms with van der Waals surface area (Å²) >= 11 is 0. The molecule has 0 spiro atoms. The molecule has 6 unspecified atom stereocenters. The summed E-state index contributed by atoms with van der Waals surface area (Å²) in [4.78, 5) is 51.3. The number of carbonyl (C=O) groups excluding carboxylic acids is 3. The number of aliphatic hydroxyl groups excluding tert-OH is 2. The third-order valence-electron chi connectivity index (χ3n) is 15.8. The standard InChI is InChI=1S/C67H124O12/c1-4-7-10-13-16-19-22-25-28-30-33-35-38-41-44-47-50-53-59(68)75-56-58(77-60(69)54-51-48-45-42-39-36-32-27-24-21-18-15-12-9-6-3)57-76-67-65(63(72)62(71)64(79-67)66(73)74)78-61(70)55-52-49-46-43-40-37-34-31-29-26-23-20-17-14-11-8-5-2/h27,32,58,62-65,67,71-72H,4-26,28-31,33-57H2,1-3H3,(H,73,74)/b32-27-. The number of aliphatic carboxylic acids is 1. The van der Waals surface area contributed by atoms with E-state index in [-0.39, 0.29) is 25.9 Å². The average molecular weight is 1120 g/mol. The lowest BCUT2D eigenvalue weighted by Crippen LogP contribution is -2.61. The van der Waals surface area contributed by atoms with Crippen molar-refractivity contribution in [1.82, 2.24) is 0 Å². The third kappa shape index (κ3) is 45.6. The summed E-state index contributed by atoms with van der Waals surface area (Å²) < 4.78 is 28.6. The Labute approximate surface area is 484 Å². The van der Waals surface area contributed by atoms with Crippen LogP contribution in [-0.4, -0.2) is 89.2 Å². The van der Waals surface area contributed by atoms with Crippen LogP contribution in [0.4, 0.5) is 0 Å². The Balaban J connectivity index is 2.63. The number of esters is 3. The van der Waals surface area contributed by atoms with E-state index in [2.05, 4.69) is 32.9 Å². The molecule has 6 atom stereocenters. The minimum Gasteiger partial charge on any atom is -0.479 e. The number of ether oxygens (including phenoxy) is 5. The second kappa shape index (κ2) is 56.0. The van der Waals surface area contributed by atoms with Crippen LogP contribution >= 0.6 is 0 Å². The van der Waals surface area contributed by atoms with Gasteiger partial charge >= 0.3 is 23.9 Å². The van der Waals surface area contributed by atoms with Crippen LogP contribution in [0.1, 0.15) is 342 Å². The van der Waals surface area contributed by atoms with Gasteiger partial charge in [-0.15, -0.1) is 0 Å². The van der Waals surface area contributed by atoms with Crippen LogP contribution in [0, 0.1) is 0 Å². The molecule has 0 bridgehead atoms. The Bertz CT molecular complexity index is 1420. The molecular weight excluding hydrogens is 997 g/mol. The van der Waals surface area contributed by atoms with Crippen LogP contribution in [0.5, 0.6) is 0 Å². The summed E-state index contributed by atoms with van der Waals surface area (Å²) in [5.41, 5.74) is 0. The number of hydrogen-bond acceptors (Lipinski definition) is 11. The van der Waals surface area contributed by atoms with Crippen molar-refractivity contribution in [3.63, 3.8) is 0 Å². The average Bonchev–Trinajstić information content (AvgIpc) is 3.46. The summed E-state index contributed by atoms with van der Waals surface area (Å²) in [7, 11) is 0. The highest BCUT2D eigenvalue weighted by Gasteiger charge is 2.50. The maximum atomic E-state index is 13.2. The van der Waals surface area contributed by atoms with Crippen LogP contribution in [-0.2, 0) is 42.9 Å². The fourth-order valence-electron chi connectivity index (χ4n) is 10.7. The van der Waals surface area contributed by atoms with E-state index in [4.69, 9.17) is 23.7 Å². The number of rotatable bonds is 59. The first-order chi connectivity index (χ1) is 38.6. The van der Waals surface area contributed by atoms with Crippen molar-refractivity contribution in [2.75, 3.05) is 13.2 Å². The van der Waals surface area contributed by atoms with Gasteiger partial charge in [0.25, 0.3) is 0 Å². The van der Waals surface area contributed by atoms with Crippen molar-refractivity contribution in [1.29, 1.82) is 0 Å². The topological polar surface area (TPSA) is 175 Å². The van der Waals surface area contributed by atoms with Crippen molar-refractivity contribution in [3.8, 4) is 0 Å². The van der Waals surface area contributed by atoms with E-state index in [1.54, 1.807) is 0 Å². The van der Waals surface area contributed by atoms with Gasteiger partial charge in [0.2, 0.25) is 0 Å². The molecule has 464 valence electrons. The molecule has 0 radical (unpaired) electrons. The van der Waals surface area contributed by atoms with E-state index in [9.17, 15) is 34.5 Å². The molecule has 0 amide bonds. The van der Waals surface area contributed by atoms with Crippen LogP contribution in [0.25, 0.3) is 0 Å². The van der Waals surface area contributed by atoms with E-state index >= 15 is 0 Å². The van der Waals surface area contributed by atoms with E-state index in [0.717, 1.165) is 77.0 Å². The highest BCUT2D eigenvalue weighted by atomic mass is 16.7. The minimum atomic E-state index is -1.90. The summed E-state index contributed by atoms with van der Waals surface area (Å²) in [6, 6.07) is 0. The van der Waals surface area contributed by atoms with Gasteiger partial charge in [-0.2, -0.15) is 0 Å². The maximum Gasteiger partial charge on any atom is 0.335 e. The van der Waals surface area contributed by atoms with Gasteiger partial charge in [-0.25, -0.2) is 4.79 Å². The Morgan fingerprint density at radius 1 is 0.405 bits per heavy atom. The maximum absolute atomic E-state index is 13.2. The summed E-state index contributed by atoms with van der Waals surface area (Å²) in [5.74, 6) is -3.08. The number of hydrogen-bond donors (Lipinski definition) is 3. The highest BCUT2D eigenvalue weighted by molar-refractivity contribution is 5.74. The molecule has 0 aromatic heterocycles. The number of carboxylic acids is 1. The lowest BCUT2D eigenvalue weighted by atomic mass is 9.98. The highest BCUT2D eigenvalue weighted by Crippen LogP contribution is 2.27. The van der Waals surface area contributed by atoms with Gasteiger partial charge in [-0.1, -0.05) is 290 Å². The van der Waals surface area contributed by atoms with E-state index in [1.165, 1.54) is 205 Å². The molecule has 79 heavy (non-hydrogen) atoms. The first-order valence-electron chi connectivity index (χ1n) is 33.7. The SMILES string of the molecule is CCCCCCCC/C=C\CCCCCCCC(=O)OC(COC(=O)CCCCCCCCCCCCCCCCCCC)COC1OC(C(=O)O)C(O)C(O)C1OC(=O)CCCCCCCCCCCCCCCCCCC. The van der Waals surface area contributed by atoms with Crippen molar-refractivity contribution >= 4 is 23.9 Å². The van der Waals surface area contributed by atoms with Gasteiger partial charge in [0.15, 0.2) is 24.6 Å². The predicted octanol–water partition coefficient (Wildman–Crippen LogP) is 18.0. The molecule has 1 saturated heterocycles. The number of carboxylic acid groups (broad SMARTS) is 1. The first kappa shape index (κ1) is 74.5. The van der Waals surface area contributed by atoms with Crippen molar-refractivity contribution in [2.24, 2.45) is 0 Å². The first-order valence-corrected chi connectivity index (χ1v) is 33.7. The largest absolute Gasteiger partial charge is 0.479 e. The molecule has 12 heteroatoms. The third-order valence-corrected chi connectivity index (χ3v) is 15.8. The van der Waals surface area contributed by atoms with Gasteiger partial charge in [-0.05, 0) is 44.9 Å². The molecule has 1 fully saturated rings. The van der Waals surface area contributed by atoms with Crippen molar-refractivity contribution in [2.45, 2.75) is 379 Å². The Hall–Kier alpha value is -2.54. The van der Waals surface area contributed by atoms with Crippen LogP contribution < -0.4 is 0 Å². The molecule has 3 N–H and O–H groups in total. The molecule has 1 aliphatic heterocycles. The summed E-state index contributed by atoms with van der Waals surface area (Å²) in [6.07, 6.45) is 51.7. The molecule has 1 aliphatic rings. The van der Waals surface area contributed by atoms with Crippen LogP contribution in [0.15, 0.2) is 12.2 Å². The summed E-state index contributed by atoms with van der Waals surface area (Å²) in [6.45, 7) is 6.05. The number of allylic oxidation sites excluding steroid dienone is 2. The lowest BCUT2D eigenvalue weighted by molar-refractivity contribution is -0.301. The Morgan fingerprint density at radius 3 is 1.08 bits per heavy atom. The zero-order valence-electron chi connectivity index (χ0n) is 51.4. The van der Waals surface area contributed by atoms with Gasteiger partial charge in [-0.3, -0.25) is 14.4 Å².